The Balaban J connectivity index is 1.81. The van der Waals surface area contributed by atoms with Crippen LogP contribution in [0.1, 0.15) is 43.9 Å². The molecule has 1 fully saturated rings. The Kier molecular flexibility index (Phi) is 4.85. The third kappa shape index (κ3) is 4.56. The first kappa shape index (κ1) is 16.5. The van der Waals surface area contributed by atoms with Crippen LogP contribution in [0.15, 0.2) is 6.07 Å². The van der Waals surface area contributed by atoms with E-state index in [-0.39, 0.29) is 11.9 Å². The lowest BCUT2D eigenvalue weighted by molar-refractivity contribution is 0.0138. The van der Waals surface area contributed by atoms with Gasteiger partial charge in [-0.3, -0.25) is 14.8 Å². The summed E-state index contributed by atoms with van der Waals surface area (Å²) >= 11 is 0. The van der Waals surface area contributed by atoms with Crippen LogP contribution in [0.5, 0.6) is 0 Å². The number of nitrogens with one attached hydrogen (secondary N) is 1. The minimum Gasteiger partial charge on any atom is -0.444 e. The van der Waals surface area contributed by atoms with Crippen molar-refractivity contribution in [3.8, 4) is 0 Å². The molecule has 2 rings (SSSR count). The van der Waals surface area contributed by atoms with Gasteiger partial charge in [-0.2, -0.15) is 5.10 Å². The highest BCUT2D eigenvalue weighted by atomic mass is 16.6. The molecule has 1 N–H and O–H groups in total. The third-order valence-corrected chi connectivity index (χ3v) is 3.41. The molecule has 1 aliphatic rings. The Bertz CT molecular complexity index is 539. The van der Waals surface area contributed by atoms with E-state index in [4.69, 9.17) is 4.74 Å². The zero-order chi connectivity index (χ0) is 16.3. The molecule has 1 aromatic heterocycles. The number of aromatic nitrogens is 2. The van der Waals surface area contributed by atoms with Gasteiger partial charge in [-0.05, 0) is 26.8 Å². The van der Waals surface area contributed by atoms with Crippen molar-refractivity contribution in [2.24, 2.45) is 0 Å². The number of piperazine rings is 1. The first-order valence-corrected chi connectivity index (χ1v) is 7.50. The van der Waals surface area contributed by atoms with Crippen molar-refractivity contribution in [1.29, 1.82) is 0 Å². The number of nitrogens with zero attached hydrogens (tertiary/aromatic N) is 3. The second kappa shape index (κ2) is 6.48. The van der Waals surface area contributed by atoms with Crippen LogP contribution in [0.4, 0.5) is 4.79 Å². The van der Waals surface area contributed by atoms with E-state index < -0.39 is 5.60 Å². The van der Waals surface area contributed by atoms with Crippen LogP contribution in [-0.4, -0.2) is 63.7 Å². The maximum absolute atomic E-state index is 12.0. The van der Waals surface area contributed by atoms with Gasteiger partial charge in [0.2, 0.25) is 0 Å². The minimum atomic E-state index is -0.465. The molecule has 22 heavy (non-hydrogen) atoms. The summed E-state index contributed by atoms with van der Waals surface area (Å²) in [4.78, 5) is 27.2. The summed E-state index contributed by atoms with van der Waals surface area (Å²) in [5.41, 5.74) is 0.908. The average molecular weight is 308 g/mol. The number of rotatable bonds is 3. The molecule has 0 aliphatic carbocycles. The van der Waals surface area contributed by atoms with Crippen LogP contribution >= 0.6 is 0 Å². The van der Waals surface area contributed by atoms with Crippen LogP contribution in [-0.2, 0) is 11.3 Å². The fourth-order valence-corrected chi connectivity index (χ4v) is 2.28. The van der Waals surface area contributed by atoms with E-state index in [2.05, 4.69) is 15.1 Å². The molecule has 1 aromatic rings. The van der Waals surface area contributed by atoms with Crippen molar-refractivity contribution < 1.29 is 14.3 Å². The maximum atomic E-state index is 12.0. The number of aromatic amines is 1. The van der Waals surface area contributed by atoms with Gasteiger partial charge >= 0.3 is 6.09 Å². The molecule has 0 bridgehead atoms. The highest BCUT2D eigenvalue weighted by molar-refractivity contribution is 5.92. The summed E-state index contributed by atoms with van der Waals surface area (Å²) < 4.78 is 5.38. The van der Waals surface area contributed by atoms with Crippen molar-refractivity contribution in [3.05, 3.63) is 17.5 Å². The Hall–Kier alpha value is -1.89. The number of ketones is 1. The fourth-order valence-electron chi connectivity index (χ4n) is 2.28. The Morgan fingerprint density at radius 3 is 2.41 bits per heavy atom. The molecular weight excluding hydrogens is 284 g/mol. The van der Waals surface area contributed by atoms with E-state index >= 15 is 0 Å². The lowest BCUT2D eigenvalue weighted by atomic mass is 10.2. The molecule has 0 saturated carbocycles. The molecule has 1 saturated heterocycles. The van der Waals surface area contributed by atoms with Crippen LogP contribution in [0, 0.1) is 0 Å². The molecule has 0 unspecified atom stereocenters. The standard InChI is InChI=1S/C15H24N4O3/c1-11(20)13-9-12(16-17-13)10-18-5-7-19(8-6-18)14(21)22-15(2,3)4/h9H,5-8,10H2,1-4H3,(H,16,17). The van der Waals surface area contributed by atoms with Gasteiger partial charge in [0.05, 0.1) is 0 Å². The number of carbonyl (C=O) groups excluding carboxylic acids is 2. The molecule has 0 aromatic carbocycles. The zero-order valence-electron chi connectivity index (χ0n) is 13.7. The SMILES string of the molecule is CC(=O)c1cc(CN2CCN(C(=O)OC(C)(C)C)CC2)[nH]n1. The first-order chi connectivity index (χ1) is 10.2. The number of ether oxygens (including phenoxy) is 1. The van der Waals surface area contributed by atoms with Crippen LogP contribution < -0.4 is 0 Å². The van der Waals surface area contributed by atoms with Crippen LogP contribution in [0.2, 0.25) is 0 Å². The van der Waals surface area contributed by atoms with E-state index in [1.807, 2.05) is 20.8 Å². The monoisotopic (exact) mass is 308 g/mol. The molecule has 0 atom stereocenters. The van der Waals surface area contributed by atoms with Crippen molar-refractivity contribution in [1.82, 2.24) is 20.0 Å². The van der Waals surface area contributed by atoms with Gasteiger partial charge in [-0.1, -0.05) is 0 Å². The molecule has 122 valence electrons. The average Bonchev–Trinajstić information content (AvgIpc) is 2.86. The lowest BCUT2D eigenvalue weighted by Crippen LogP contribution is -2.49. The smallest absolute Gasteiger partial charge is 0.410 e. The number of carbonyl (C=O) groups is 2. The normalized spacial score (nSPS) is 16.6. The first-order valence-electron chi connectivity index (χ1n) is 7.50. The van der Waals surface area contributed by atoms with Gasteiger partial charge in [0.25, 0.3) is 0 Å². The third-order valence-electron chi connectivity index (χ3n) is 3.41. The molecule has 0 radical (unpaired) electrons. The van der Waals surface area contributed by atoms with Crippen LogP contribution in [0.25, 0.3) is 0 Å². The molecular formula is C15H24N4O3. The number of hydrogen-bond donors (Lipinski definition) is 1. The van der Waals surface area contributed by atoms with Gasteiger partial charge in [0, 0.05) is 45.3 Å². The van der Waals surface area contributed by atoms with E-state index in [0.717, 1.165) is 18.8 Å². The van der Waals surface area contributed by atoms with E-state index in [9.17, 15) is 9.59 Å². The maximum Gasteiger partial charge on any atom is 0.410 e. The number of H-pyrrole nitrogens is 1. The lowest BCUT2D eigenvalue weighted by Gasteiger charge is -2.35. The van der Waals surface area contributed by atoms with Crippen molar-refractivity contribution in [2.75, 3.05) is 26.2 Å². The van der Waals surface area contributed by atoms with Crippen molar-refractivity contribution in [2.45, 2.75) is 39.8 Å². The summed E-state index contributed by atoms with van der Waals surface area (Å²) in [6, 6.07) is 1.78. The quantitative estimate of drug-likeness (QED) is 0.859. The molecule has 0 spiro atoms. The highest BCUT2D eigenvalue weighted by Gasteiger charge is 2.26. The highest BCUT2D eigenvalue weighted by Crippen LogP contribution is 2.13. The predicted molar refractivity (Wildman–Crippen MR) is 81.7 cm³/mol. The van der Waals surface area contributed by atoms with E-state index in [1.54, 1.807) is 11.0 Å². The molecule has 2 heterocycles. The summed E-state index contributed by atoms with van der Waals surface area (Å²) in [6.45, 7) is 10.6. The van der Waals surface area contributed by atoms with Gasteiger partial charge in [0.15, 0.2) is 5.78 Å². The second-order valence-electron chi connectivity index (χ2n) is 6.58. The molecule has 1 amide bonds. The number of amides is 1. The fraction of sp³-hybridized carbons (Fsp3) is 0.667. The van der Waals surface area contributed by atoms with Gasteiger partial charge in [0.1, 0.15) is 11.3 Å². The molecule has 7 nitrogen and oxygen atoms in total. The van der Waals surface area contributed by atoms with Gasteiger partial charge in [-0.15, -0.1) is 0 Å². The summed E-state index contributed by atoms with van der Waals surface area (Å²) in [7, 11) is 0. The Labute approximate surface area is 130 Å². The summed E-state index contributed by atoms with van der Waals surface area (Å²) in [5.74, 6) is -0.0442. The second-order valence-corrected chi connectivity index (χ2v) is 6.58. The summed E-state index contributed by atoms with van der Waals surface area (Å²) in [6.07, 6.45) is -0.257. The minimum absolute atomic E-state index is 0.0442. The van der Waals surface area contributed by atoms with Crippen molar-refractivity contribution in [3.63, 3.8) is 0 Å². The van der Waals surface area contributed by atoms with E-state index in [1.165, 1.54) is 6.92 Å². The Morgan fingerprint density at radius 1 is 1.27 bits per heavy atom. The molecule has 1 aliphatic heterocycles. The van der Waals surface area contributed by atoms with E-state index in [0.29, 0.717) is 25.3 Å². The topological polar surface area (TPSA) is 78.5 Å². The van der Waals surface area contributed by atoms with Gasteiger partial charge < -0.3 is 9.64 Å². The van der Waals surface area contributed by atoms with Gasteiger partial charge in [-0.25, -0.2) is 4.79 Å². The Morgan fingerprint density at radius 2 is 1.91 bits per heavy atom. The molecule has 7 heteroatoms. The van der Waals surface area contributed by atoms with Crippen molar-refractivity contribution >= 4 is 11.9 Å². The predicted octanol–water partition coefficient (Wildman–Crippen LogP) is 1.67. The zero-order valence-corrected chi connectivity index (χ0v) is 13.7. The summed E-state index contributed by atoms with van der Waals surface area (Å²) in [5, 5.41) is 6.86. The number of Topliss-reactive ketones (excluding diaryl/α,β-unsaturated/α-hetero) is 1. The largest absolute Gasteiger partial charge is 0.444 e. The van der Waals surface area contributed by atoms with Crippen LogP contribution in [0.3, 0.4) is 0 Å². The number of hydrogen-bond acceptors (Lipinski definition) is 5.